The lowest BCUT2D eigenvalue weighted by atomic mass is 10.1. The molecule has 1 saturated carbocycles. The lowest BCUT2D eigenvalue weighted by Crippen LogP contribution is -2.56. The van der Waals surface area contributed by atoms with Crippen LogP contribution in [0.2, 0.25) is 5.02 Å². The van der Waals surface area contributed by atoms with Gasteiger partial charge >= 0.3 is 12.1 Å². The first-order chi connectivity index (χ1) is 19.0. The Hall–Kier alpha value is -2.55. The summed E-state index contributed by atoms with van der Waals surface area (Å²) in [7, 11) is 2.11. The van der Waals surface area contributed by atoms with Gasteiger partial charge in [0.1, 0.15) is 23.5 Å². The minimum Gasteiger partial charge on any atom is -0.487 e. The van der Waals surface area contributed by atoms with Crippen LogP contribution < -0.4 is 14.4 Å². The van der Waals surface area contributed by atoms with E-state index >= 15 is 0 Å². The van der Waals surface area contributed by atoms with Gasteiger partial charge in [0.2, 0.25) is 0 Å². The molecule has 40 heavy (non-hydrogen) atoms. The number of fused-ring (bicyclic) bond motifs is 1. The average molecular weight is 636 g/mol. The second kappa shape index (κ2) is 11.7. The van der Waals surface area contributed by atoms with E-state index in [0.29, 0.717) is 58.9 Å². The number of amides is 1. The third kappa shape index (κ3) is 6.50. The number of nitriles is 1. The molecule has 10 nitrogen and oxygen atoms in total. The van der Waals surface area contributed by atoms with Crippen molar-refractivity contribution >= 4 is 50.3 Å². The zero-order valence-electron chi connectivity index (χ0n) is 23.5. The fourth-order valence-electron chi connectivity index (χ4n) is 5.16. The molecule has 1 aliphatic carbocycles. The van der Waals surface area contributed by atoms with E-state index in [9.17, 15) is 10.1 Å². The maximum atomic E-state index is 13.0. The quantitative estimate of drug-likeness (QED) is 0.396. The third-order valence-electron chi connectivity index (χ3n) is 7.42. The highest BCUT2D eigenvalue weighted by Crippen LogP contribution is 2.44. The van der Waals surface area contributed by atoms with E-state index in [2.05, 4.69) is 38.8 Å². The van der Waals surface area contributed by atoms with Crippen molar-refractivity contribution in [3.63, 3.8) is 0 Å². The number of benzene rings is 1. The number of likely N-dealkylation sites (N-methyl/N-ethyl adjacent to an activating group) is 1. The first-order valence-corrected chi connectivity index (χ1v) is 15.0. The molecule has 216 valence electrons. The summed E-state index contributed by atoms with van der Waals surface area (Å²) in [5.74, 6) is 1.22. The van der Waals surface area contributed by atoms with Crippen LogP contribution in [0.25, 0.3) is 10.9 Å². The molecule has 1 aromatic heterocycles. The van der Waals surface area contributed by atoms with E-state index in [-0.39, 0.29) is 24.6 Å². The Morgan fingerprint density at radius 3 is 2.62 bits per heavy atom. The average Bonchev–Trinajstić information content (AvgIpc) is 3.63. The normalized spacial score (nSPS) is 21.9. The third-order valence-corrected chi connectivity index (χ3v) is 8.74. The Morgan fingerprint density at radius 2 is 1.98 bits per heavy atom. The van der Waals surface area contributed by atoms with Crippen LogP contribution in [0.1, 0.15) is 52.9 Å². The van der Waals surface area contributed by atoms with E-state index in [1.54, 1.807) is 4.90 Å². The van der Waals surface area contributed by atoms with Crippen LogP contribution in [0.15, 0.2) is 10.5 Å². The predicted octanol–water partition coefficient (Wildman–Crippen LogP) is 5.40. The van der Waals surface area contributed by atoms with E-state index in [0.717, 1.165) is 37.6 Å². The molecule has 2 aliphatic heterocycles. The Bertz CT molecular complexity index is 1310. The molecule has 3 aliphatic rings. The molecule has 5 rings (SSSR count). The molecule has 0 bridgehead atoms. The van der Waals surface area contributed by atoms with Gasteiger partial charge in [-0.15, -0.1) is 0 Å². The second-order valence-electron chi connectivity index (χ2n) is 11.8. The van der Waals surface area contributed by atoms with E-state index in [4.69, 9.17) is 35.8 Å². The first kappa shape index (κ1) is 29.0. The number of ether oxygens (including phenoxy) is 3. The molecule has 0 unspecified atom stereocenters. The minimum absolute atomic E-state index is 0.130. The molecule has 2 saturated heterocycles. The van der Waals surface area contributed by atoms with Crippen molar-refractivity contribution in [1.29, 1.82) is 5.26 Å². The van der Waals surface area contributed by atoms with Crippen molar-refractivity contribution in [2.75, 3.05) is 44.7 Å². The van der Waals surface area contributed by atoms with E-state index < -0.39 is 11.7 Å². The van der Waals surface area contributed by atoms with Crippen molar-refractivity contribution in [2.24, 2.45) is 0 Å². The van der Waals surface area contributed by atoms with Gasteiger partial charge in [0.25, 0.3) is 0 Å². The number of anilines is 1. The second-order valence-corrected chi connectivity index (χ2v) is 13.0. The van der Waals surface area contributed by atoms with Crippen LogP contribution >= 0.6 is 27.5 Å². The van der Waals surface area contributed by atoms with Crippen molar-refractivity contribution in [2.45, 2.75) is 76.7 Å². The molecule has 0 spiro atoms. The summed E-state index contributed by atoms with van der Waals surface area (Å²) in [5.41, 5.74) is -0.00921. The number of carbonyl (C=O) groups is 1. The number of aromatic nitrogens is 2. The van der Waals surface area contributed by atoms with Gasteiger partial charge in [-0.3, -0.25) is 0 Å². The summed E-state index contributed by atoms with van der Waals surface area (Å²) < 4.78 is 18.8. The van der Waals surface area contributed by atoms with Gasteiger partial charge < -0.3 is 28.9 Å². The first-order valence-electron chi connectivity index (χ1n) is 13.8. The summed E-state index contributed by atoms with van der Waals surface area (Å²) in [6, 6.07) is 4.27. The fourth-order valence-corrected chi connectivity index (χ4v) is 5.75. The Labute approximate surface area is 248 Å². The van der Waals surface area contributed by atoms with Crippen LogP contribution in [0.4, 0.5) is 10.6 Å². The summed E-state index contributed by atoms with van der Waals surface area (Å²) >= 11 is 10.3. The highest BCUT2D eigenvalue weighted by Gasteiger charge is 2.35. The van der Waals surface area contributed by atoms with Crippen molar-refractivity contribution in [3.05, 3.63) is 15.6 Å². The molecule has 2 atom stereocenters. The summed E-state index contributed by atoms with van der Waals surface area (Å²) in [5, 5.41) is 10.8. The fraction of sp³-hybridized carbons (Fsp3) is 0.643. The summed E-state index contributed by atoms with van der Waals surface area (Å²) in [4.78, 5) is 28.7. The predicted molar refractivity (Wildman–Crippen MR) is 156 cm³/mol. The molecular formula is C28H36BrClN6O4. The van der Waals surface area contributed by atoms with Gasteiger partial charge in [0.15, 0.2) is 5.75 Å². The molecule has 12 heteroatoms. The van der Waals surface area contributed by atoms with Crippen LogP contribution in [0.5, 0.6) is 11.8 Å². The number of likely N-dealkylation sites (tertiary alicyclic amines) is 1. The van der Waals surface area contributed by atoms with Gasteiger partial charge in [0, 0.05) is 31.1 Å². The van der Waals surface area contributed by atoms with Gasteiger partial charge in [-0.2, -0.15) is 15.2 Å². The number of piperazine rings is 1. The van der Waals surface area contributed by atoms with Crippen molar-refractivity contribution in [3.8, 4) is 17.8 Å². The summed E-state index contributed by atoms with van der Waals surface area (Å²) in [6.07, 6.45) is 4.05. The van der Waals surface area contributed by atoms with Crippen molar-refractivity contribution in [1.82, 2.24) is 19.8 Å². The lowest BCUT2D eigenvalue weighted by Gasteiger charge is -2.41. The smallest absolute Gasteiger partial charge is 0.410 e. The number of hydrogen-bond acceptors (Lipinski definition) is 9. The van der Waals surface area contributed by atoms with Gasteiger partial charge in [-0.25, -0.2) is 4.79 Å². The lowest BCUT2D eigenvalue weighted by molar-refractivity contribution is 0.0145. The SMILES string of the molecule is CN1CCC[C@H]1COc1nc(N2CCN(C(=O)OC(C)(C)C)[C@@H](CC#N)C2)c2cc(Cl)c(Br)c(OC3CC3)c2n1. The number of hydrogen-bond donors (Lipinski definition) is 0. The maximum Gasteiger partial charge on any atom is 0.410 e. The maximum absolute atomic E-state index is 13.0. The Morgan fingerprint density at radius 1 is 1.20 bits per heavy atom. The van der Waals surface area contributed by atoms with Gasteiger partial charge in [-0.05, 0) is 82.0 Å². The molecule has 2 aromatic rings. The summed E-state index contributed by atoms with van der Waals surface area (Å²) in [6.45, 7) is 8.31. The van der Waals surface area contributed by atoms with Crippen molar-refractivity contribution < 1.29 is 19.0 Å². The number of carbonyl (C=O) groups excluding carboxylic acids is 1. The van der Waals surface area contributed by atoms with Crippen LogP contribution in [-0.2, 0) is 4.74 Å². The molecule has 0 N–H and O–H groups in total. The van der Waals surface area contributed by atoms with E-state index in [1.807, 2.05) is 26.8 Å². The molecule has 3 heterocycles. The monoisotopic (exact) mass is 634 g/mol. The number of halogens is 2. The van der Waals surface area contributed by atoms with E-state index in [1.165, 1.54) is 0 Å². The van der Waals surface area contributed by atoms with Crippen LogP contribution in [0.3, 0.4) is 0 Å². The zero-order chi connectivity index (χ0) is 28.6. The van der Waals surface area contributed by atoms with Crippen LogP contribution in [0, 0.1) is 11.3 Å². The van der Waals surface area contributed by atoms with Crippen LogP contribution in [-0.4, -0.2) is 89.5 Å². The largest absolute Gasteiger partial charge is 0.487 e. The topological polar surface area (TPSA) is 104 Å². The Balaban J connectivity index is 1.51. The highest BCUT2D eigenvalue weighted by atomic mass is 79.9. The van der Waals surface area contributed by atoms with Gasteiger partial charge in [-0.1, -0.05) is 11.6 Å². The molecular weight excluding hydrogens is 600 g/mol. The highest BCUT2D eigenvalue weighted by molar-refractivity contribution is 9.10. The Kier molecular flexibility index (Phi) is 8.50. The molecule has 0 radical (unpaired) electrons. The zero-order valence-corrected chi connectivity index (χ0v) is 25.8. The molecule has 1 amide bonds. The molecule has 3 fully saturated rings. The molecule has 1 aromatic carbocycles. The minimum atomic E-state index is -0.629. The number of nitrogens with zero attached hydrogens (tertiary/aromatic N) is 6. The standard InChI is InChI=1S/C28H36BrClN6O4/c1-28(2,3)40-27(37)36-13-12-35(15-17(36)9-10-31)25-20-14-21(30)22(29)24(39-19-7-8-19)23(20)32-26(33-25)38-16-18-6-5-11-34(18)4/h14,17-19H,5-9,11-13,15-16H2,1-4H3/t17-,18-/m0/s1. The number of rotatable bonds is 7. The van der Waals surface area contributed by atoms with Gasteiger partial charge in [0.05, 0.1) is 34.1 Å².